The number of hydrogen-bond donors (Lipinski definition) is 1. The first-order valence-corrected chi connectivity index (χ1v) is 6.19. The molecule has 22 heavy (non-hydrogen) atoms. The van der Waals surface area contributed by atoms with Gasteiger partial charge in [0.1, 0.15) is 11.0 Å². The number of nitro benzene ring substituents is 1. The molecule has 0 amide bonds. The normalized spacial score (nSPS) is 11.3. The molecule has 0 aliphatic heterocycles. The zero-order chi connectivity index (χ0) is 16.5. The molecule has 0 saturated carbocycles. The highest BCUT2D eigenvalue weighted by molar-refractivity contribution is 6.29. The highest BCUT2D eigenvalue weighted by Crippen LogP contribution is 2.31. The summed E-state index contributed by atoms with van der Waals surface area (Å²) in [5, 5.41) is 13.0. The molecule has 0 aliphatic rings. The monoisotopic (exact) mass is 332 g/mol. The number of alkyl halides is 3. The summed E-state index contributed by atoms with van der Waals surface area (Å²) in [5.41, 5.74) is 0.342. The van der Waals surface area contributed by atoms with E-state index in [0.29, 0.717) is 0 Å². The number of nitrogens with one attached hydrogen (secondary N) is 1. The third kappa shape index (κ3) is 3.42. The van der Waals surface area contributed by atoms with E-state index in [4.69, 9.17) is 11.6 Å². The van der Waals surface area contributed by atoms with E-state index >= 15 is 0 Å². The zero-order valence-corrected chi connectivity index (χ0v) is 11.7. The van der Waals surface area contributed by atoms with Crippen LogP contribution in [0.3, 0.4) is 0 Å². The van der Waals surface area contributed by atoms with Gasteiger partial charge in [0, 0.05) is 17.8 Å². The maximum atomic E-state index is 12.6. The van der Waals surface area contributed by atoms with Gasteiger partial charge in [-0.2, -0.15) is 13.2 Å². The molecule has 0 fully saturated rings. The lowest BCUT2D eigenvalue weighted by molar-refractivity contribution is -0.385. The van der Waals surface area contributed by atoms with Crippen LogP contribution in [-0.4, -0.2) is 14.9 Å². The Morgan fingerprint density at radius 3 is 2.59 bits per heavy atom. The molecule has 0 bridgehead atoms. The van der Waals surface area contributed by atoms with Crippen molar-refractivity contribution in [3.63, 3.8) is 0 Å². The van der Waals surface area contributed by atoms with Gasteiger partial charge in [-0.25, -0.2) is 9.97 Å². The molecule has 1 heterocycles. The summed E-state index contributed by atoms with van der Waals surface area (Å²) in [6.45, 7) is 1.47. The van der Waals surface area contributed by atoms with Gasteiger partial charge in [-0.05, 0) is 13.0 Å². The molecule has 2 rings (SSSR count). The standard InChI is InChI=1S/C12H8ClF3N4O2/c1-6-7(3-2-4-8(6)20(21)22)17-10-5-9(13)18-11(19-10)12(14,15)16/h2-5H,1H3,(H,17,18,19). The Hall–Kier alpha value is -2.42. The number of benzene rings is 1. The summed E-state index contributed by atoms with van der Waals surface area (Å²) in [7, 11) is 0. The van der Waals surface area contributed by atoms with Crippen LogP contribution < -0.4 is 5.32 Å². The van der Waals surface area contributed by atoms with Crippen molar-refractivity contribution in [2.75, 3.05) is 5.32 Å². The van der Waals surface area contributed by atoms with Gasteiger partial charge in [0.25, 0.3) is 5.69 Å². The number of aromatic nitrogens is 2. The maximum absolute atomic E-state index is 12.6. The molecule has 0 saturated heterocycles. The molecule has 0 spiro atoms. The first-order chi connectivity index (χ1) is 10.2. The number of nitro groups is 1. The second-order valence-electron chi connectivity index (χ2n) is 4.23. The highest BCUT2D eigenvalue weighted by atomic mass is 35.5. The molecule has 0 aliphatic carbocycles. The van der Waals surface area contributed by atoms with Gasteiger partial charge in [0.2, 0.25) is 5.82 Å². The molecular weight excluding hydrogens is 325 g/mol. The number of anilines is 2. The van der Waals surface area contributed by atoms with Crippen molar-refractivity contribution in [1.29, 1.82) is 0 Å². The van der Waals surface area contributed by atoms with E-state index < -0.39 is 22.1 Å². The Bertz CT molecular complexity index is 737. The van der Waals surface area contributed by atoms with Crippen molar-refractivity contribution in [2.45, 2.75) is 13.1 Å². The summed E-state index contributed by atoms with van der Waals surface area (Å²) in [6.07, 6.45) is -4.75. The van der Waals surface area contributed by atoms with Crippen molar-refractivity contribution >= 4 is 28.8 Å². The second-order valence-corrected chi connectivity index (χ2v) is 4.62. The molecule has 1 aromatic carbocycles. The van der Waals surface area contributed by atoms with E-state index in [2.05, 4.69) is 15.3 Å². The molecule has 0 unspecified atom stereocenters. The van der Waals surface area contributed by atoms with Gasteiger partial charge in [0.05, 0.1) is 10.5 Å². The van der Waals surface area contributed by atoms with Crippen LogP contribution in [0.2, 0.25) is 5.15 Å². The largest absolute Gasteiger partial charge is 0.451 e. The lowest BCUT2D eigenvalue weighted by atomic mass is 10.1. The molecule has 0 radical (unpaired) electrons. The lowest BCUT2D eigenvalue weighted by Crippen LogP contribution is -2.12. The molecule has 1 N–H and O–H groups in total. The Balaban J connectivity index is 2.42. The van der Waals surface area contributed by atoms with Crippen LogP contribution in [0.25, 0.3) is 0 Å². The first-order valence-electron chi connectivity index (χ1n) is 5.81. The fourth-order valence-corrected chi connectivity index (χ4v) is 1.89. The average molecular weight is 333 g/mol. The van der Waals surface area contributed by atoms with E-state index in [9.17, 15) is 23.3 Å². The van der Waals surface area contributed by atoms with Crippen LogP contribution in [0, 0.1) is 17.0 Å². The second kappa shape index (κ2) is 5.76. The van der Waals surface area contributed by atoms with E-state index in [1.54, 1.807) is 0 Å². The minimum Gasteiger partial charge on any atom is -0.340 e. The van der Waals surface area contributed by atoms with Crippen molar-refractivity contribution in [3.05, 3.63) is 50.9 Å². The molecule has 10 heteroatoms. The smallest absolute Gasteiger partial charge is 0.340 e. The first kappa shape index (κ1) is 16.0. The molecule has 6 nitrogen and oxygen atoms in total. The Morgan fingerprint density at radius 2 is 2.00 bits per heavy atom. The molecular formula is C12H8ClF3N4O2. The number of rotatable bonds is 3. The third-order valence-corrected chi connectivity index (χ3v) is 2.91. The van der Waals surface area contributed by atoms with Gasteiger partial charge in [-0.3, -0.25) is 10.1 Å². The SMILES string of the molecule is Cc1c(Nc2cc(Cl)nc(C(F)(F)F)n2)cccc1[N+](=O)[O-]. The van der Waals surface area contributed by atoms with Crippen LogP contribution in [-0.2, 0) is 6.18 Å². The Morgan fingerprint density at radius 1 is 1.32 bits per heavy atom. The van der Waals surface area contributed by atoms with E-state index in [1.807, 2.05) is 0 Å². The van der Waals surface area contributed by atoms with E-state index in [0.717, 1.165) is 6.07 Å². The quantitative estimate of drug-likeness (QED) is 0.519. The Labute approximate surface area is 127 Å². The predicted octanol–water partition coefficient (Wildman–Crippen LogP) is 4.11. The van der Waals surface area contributed by atoms with Crippen LogP contribution in [0.1, 0.15) is 11.4 Å². The number of halogens is 4. The minimum atomic E-state index is -4.75. The van der Waals surface area contributed by atoms with E-state index in [-0.39, 0.29) is 22.8 Å². The van der Waals surface area contributed by atoms with Crippen molar-refractivity contribution in [2.24, 2.45) is 0 Å². The maximum Gasteiger partial charge on any atom is 0.451 e. The summed E-state index contributed by atoms with van der Waals surface area (Å²) in [6, 6.07) is 5.26. The number of hydrogen-bond acceptors (Lipinski definition) is 5. The molecule has 1 aromatic heterocycles. The highest BCUT2D eigenvalue weighted by Gasteiger charge is 2.35. The zero-order valence-electron chi connectivity index (χ0n) is 11.0. The summed E-state index contributed by atoms with van der Waals surface area (Å²) >= 11 is 5.54. The van der Waals surface area contributed by atoms with Crippen LogP contribution in [0.15, 0.2) is 24.3 Å². The van der Waals surface area contributed by atoms with Gasteiger partial charge in [0.15, 0.2) is 0 Å². The lowest BCUT2D eigenvalue weighted by Gasteiger charge is -2.11. The summed E-state index contributed by atoms with van der Waals surface area (Å²) in [5.74, 6) is -1.61. The topological polar surface area (TPSA) is 81.0 Å². The summed E-state index contributed by atoms with van der Waals surface area (Å²) in [4.78, 5) is 16.7. The van der Waals surface area contributed by atoms with Crippen LogP contribution >= 0.6 is 11.6 Å². The van der Waals surface area contributed by atoms with Gasteiger partial charge >= 0.3 is 6.18 Å². The average Bonchev–Trinajstić information content (AvgIpc) is 2.39. The minimum absolute atomic E-state index is 0.166. The van der Waals surface area contributed by atoms with Gasteiger partial charge in [-0.1, -0.05) is 17.7 Å². The van der Waals surface area contributed by atoms with Crippen molar-refractivity contribution in [3.8, 4) is 0 Å². The molecule has 0 atom stereocenters. The van der Waals surface area contributed by atoms with Gasteiger partial charge < -0.3 is 5.32 Å². The van der Waals surface area contributed by atoms with Crippen molar-refractivity contribution in [1.82, 2.24) is 9.97 Å². The fraction of sp³-hybridized carbons (Fsp3) is 0.167. The van der Waals surface area contributed by atoms with Crippen molar-refractivity contribution < 1.29 is 18.1 Å². The fourth-order valence-electron chi connectivity index (χ4n) is 1.70. The summed E-state index contributed by atoms with van der Waals surface area (Å²) < 4.78 is 37.9. The third-order valence-electron chi connectivity index (χ3n) is 2.71. The van der Waals surface area contributed by atoms with E-state index in [1.165, 1.54) is 25.1 Å². The molecule has 116 valence electrons. The number of nitrogens with zero attached hydrogens (tertiary/aromatic N) is 3. The van der Waals surface area contributed by atoms with Gasteiger partial charge in [-0.15, -0.1) is 0 Å². The molecule has 2 aromatic rings. The Kier molecular flexibility index (Phi) is 4.18. The van der Waals surface area contributed by atoms with Crippen LogP contribution in [0.4, 0.5) is 30.4 Å². The van der Waals surface area contributed by atoms with Crippen LogP contribution in [0.5, 0.6) is 0 Å². The predicted molar refractivity (Wildman–Crippen MR) is 73.2 cm³/mol.